The average molecular weight is 283 g/mol. The largest absolute Gasteiger partial charge is 0.334 e. The molecule has 0 aliphatic carbocycles. The van der Waals surface area contributed by atoms with Crippen molar-refractivity contribution in [3.63, 3.8) is 0 Å². The lowest BCUT2D eigenvalue weighted by atomic mass is 9.99. The van der Waals surface area contributed by atoms with Crippen molar-refractivity contribution in [2.24, 2.45) is 0 Å². The number of nitrogens with one attached hydrogen (secondary N) is 1. The predicted molar refractivity (Wildman–Crippen MR) is 84.3 cm³/mol. The van der Waals surface area contributed by atoms with Gasteiger partial charge in [-0.25, -0.2) is 0 Å². The second-order valence-corrected chi connectivity index (χ2v) is 5.58. The number of likely N-dealkylation sites (N-methyl/N-ethyl adjacent to an activating group) is 1. The van der Waals surface area contributed by atoms with Gasteiger partial charge in [0.2, 0.25) is 0 Å². The number of rotatable bonds is 3. The first-order valence-corrected chi connectivity index (χ1v) is 7.60. The second-order valence-electron chi connectivity index (χ2n) is 5.58. The molecule has 1 aliphatic rings. The maximum atomic E-state index is 13.0. The van der Waals surface area contributed by atoms with Crippen molar-refractivity contribution >= 4 is 16.8 Å². The van der Waals surface area contributed by atoms with Crippen molar-refractivity contribution in [2.45, 2.75) is 25.3 Å². The van der Waals surface area contributed by atoms with Crippen LogP contribution in [-0.4, -0.2) is 42.0 Å². The van der Waals surface area contributed by atoms with Gasteiger partial charge < -0.3 is 10.2 Å². The fourth-order valence-corrected chi connectivity index (χ4v) is 3.16. The lowest BCUT2D eigenvalue weighted by molar-refractivity contribution is 0.0617. The molecule has 1 aliphatic heterocycles. The molecular weight excluding hydrogens is 262 g/mol. The number of aromatic nitrogens is 1. The summed E-state index contributed by atoms with van der Waals surface area (Å²) in [6.45, 7) is 1.70. The van der Waals surface area contributed by atoms with Gasteiger partial charge in [-0.1, -0.05) is 12.1 Å². The molecule has 1 amide bonds. The van der Waals surface area contributed by atoms with Gasteiger partial charge in [0.1, 0.15) is 0 Å². The van der Waals surface area contributed by atoms with E-state index >= 15 is 0 Å². The number of likely N-dealkylation sites (tertiary alicyclic amines) is 1. The van der Waals surface area contributed by atoms with E-state index in [1.165, 1.54) is 6.42 Å². The maximum absolute atomic E-state index is 13.0. The van der Waals surface area contributed by atoms with Gasteiger partial charge in [0.15, 0.2) is 0 Å². The van der Waals surface area contributed by atoms with E-state index in [1.807, 2.05) is 42.3 Å². The zero-order chi connectivity index (χ0) is 14.7. The Labute approximate surface area is 125 Å². The number of benzene rings is 1. The number of amides is 1. The lowest BCUT2D eigenvalue weighted by Gasteiger charge is -2.36. The molecule has 4 nitrogen and oxygen atoms in total. The topological polar surface area (TPSA) is 45.2 Å². The third-order valence-electron chi connectivity index (χ3n) is 4.20. The van der Waals surface area contributed by atoms with E-state index in [-0.39, 0.29) is 5.91 Å². The summed E-state index contributed by atoms with van der Waals surface area (Å²) in [5.41, 5.74) is 1.65. The van der Waals surface area contributed by atoms with Crippen LogP contribution in [0.1, 0.15) is 29.6 Å². The molecular formula is C17H21N3O. The van der Waals surface area contributed by atoms with Crippen LogP contribution in [0.4, 0.5) is 0 Å². The molecule has 1 aromatic heterocycles. The Kier molecular flexibility index (Phi) is 4.15. The molecule has 21 heavy (non-hydrogen) atoms. The summed E-state index contributed by atoms with van der Waals surface area (Å²) in [7, 11) is 1.94. The van der Waals surface area contributed by atoms with E-state index in [4.69, 9.17) is 0 Å². The van der Waals surface area contributed by atoms with Crippen LogP contribution in [0.3, 0.4) is 0 Å². The van der Waals surface area contributed by atoms with Gasteiger partial charge in [0.25, 0.3) is 5.91 Å². The molecule has 4 heteroatoms. The van der Waals surface area contributed by atoms with Crippen molar-refractivity contribution in [3.8, 4) is 0 Å². The second kappa shape index (κ2) is 6.22. The molecule has 1 saturated heterocycles. The van der Waals surface area contributed by atoms with Crippen molar-refractivity contribution in [3.05, 3.63) is 42.1 Å². The molecule has 0 saturated carbocycles. The summed E-state index contributed by atoms with van der Waals surface area (Å²) in [6, 6.07) is 9.94. The van der Waals surface area contributed by atoms with E-state index in [1.54, 1.807) is 6.20 Å². The zero-order valence-corrected chi connectivity index (χ0v) is 12.4. The van der Waals surface area contributed by atoms with E-state index in [2.05, 4.69) is 10.3 Å². The first kappa shape index (κ1) is 14.0. The number of hydrogen-bond acceptors (Lipinski definition) is 3. The Morgan fingerprint density at radius 2 is 2.24 bits per heavy atom. The zero-order valence-electron chi connectivity index (χ0n) is 12.4. The molecule has 0 radical (unpaired) electrons. The quantitative estimate of drug-likeness (QED) is 0.941. The van der Waals surface area contributed by atoms with Gasteiger partial charge in [-0.2, -0.15) is 0 Å². The molecule has 1 aromatic carbocycles. The predicted octanol–water partition coefficient (Wildman–Crippen LogP) is 2.45. The fraction of sp³-hybridized carbons (Fsp3) is 0.412. The average Bonchev–Trinajstić information content (AvgIpc) is 2.54. The molecule has 2 heterocycles. The smallest absolute Gasteiger partial charge is 0.254 e. The van der Waals surface area contributed by atoms with E-state index in [9.17, 15) is 4.79 Å². The standard InChI is InChI=1S/C17H21N3O/c1-18-12-13-6-2-3-11-20(13)17(21)15-7-4-9-16-14(15)8-5-10-19-16/h4-5,7-10,13,18H,2-3,6,11-12H2,1H3. The van der Waals surface area contributed by atoms with Gasteiger partial charge in [0.05, 0.1) is 5.52 Å². The molecule has 1 N–H and O–H groups in total. The highest BCUT2D eigenvalue weighted by molar-refractivity contribution is 6.06. The molecule has 0 bridgehead atoms. The van der Waals surface area contributed by atoms with Gasteiger partial charge >= 0.3 is 0 Å². The maximum Gasteiger partial charge on any atom is 0.254 e. The van der Waals surface area contributed by atoms with Gasteiger partial charge in [-0.3, -0.25) is 9.78 Å². The van der Waals surface area contributed by atoms with E-state index < -0.39 is 0 Å². The van der Waals surface area contributed by atoms with E-state index in [0.29, 0.717) is 6.04 Å². The monoisotopic (exact) mass is 283 g/mol. The first-order valence-electron chi connectivity index (χ1n) is 7.60. The third kappa shape index (κ3) is 2.76. The van der Waals surface area contributed by atoms with Crippen LogP contribution in [0.2, 0.25) is 0 Å². The highest BCUT2D eigenvalue weighted by atomic mass is 16.2. The Bertz CT molecular complexity index is 633. The molecule has 1 unspecified atom stereocenters. The Hall–Kier alpha value is -1.94. The van der Waals surface area contributed by atoms with Gasteiger partial charge in [-0.05, 0) is 44.5 Å². The molecule has 1 atom stereocenters. The van der Waals surface area contributed by atoms with Crippen LogP contribution in [0.25, 0.3) is 10.9 Å². The number of carbonyl (C=O) groups is 1. The minimum atomic E-state index is 0.133. The van der Waals surface area contributed by atoms with Crippen molar-refractivity contribution in [2.75, 3.05) is 20.1 Å². The minimum absolute atomic E-state index is 0.133. The summed E-state index contributed by atoms with van der Waals surface area (Å²) in [4.78, 5) is 19.3. The van der Waals surface area contributed by atoms with Crippen LogP contribution < -0.4 is 5.32 Å². The number of pyridine rings is 1. The third-order valence-corrected chi connectivity index (χ3v) is 4.20. The van der Waals surface area contributed by atoms with Gasteiger partial charge in [0, 0.05) is 36.3 Å². The summed E-state index contributed by atoms with van der Waals surface area (Å²) in [6.07, 6.45) is 5.14. The SMILES string of the molecule is CNCC1CCCCN1C(=O)c1cccc2ncccc12. The Balaban J connectivity index is 1.95. The molecule has 0 spiro atoms. The van der Waals surface area contributed by atoms with Crippen LogP contribution >= 0.6 is 0 Å². The Morgan fingerprint density at radius 3 is 3.10 bits per heavy atom. The normalized spacial score (nSPS) is 18.9. The van der Waals surface area contributed by atoms with Crippen LogP contribution in [0, 0.1) is 0 Å². The fourth-order valence-electron chi connectivity index (χ4n) is 3.16. The van der Waals surface area contributed by atoms with Crippen LogP contribution in [-0.2, 0) is 0 Å². The number of nitrogens with zero attached hydrogens (tertiary/aromatic N) is 2. The number of fused-ring (bicyclic) bond motifs is 1. The summed E-state index contributed by atoms with van der Waals surface area (Å²) in [5, 5.41) is 4.15. The lowest BCUT2D eigenvalue weighted by Crippen LogP contribution is -2.48. The van der Waals surface area contributed by atoms with Crippen molar-refractivity contribution in [1.29, 1.82) is 0 Å². The van der Waals surface area contributed by atoms with Crippen LogP contribution in [0.5, 0.6) is 0 Å². The highest BCUT2D eigenvalue weighted by Crippen LogP contribution is 2.23. The van der Waals surface area contributed by atoms with E-state index in [0.717, 1.165) is 42.4 Å². The molecule has 110 valence electrons. The number of hydrogen-bond donors (Lipinski definition) is 1. The minimum Gasteiger partial charge on any atom is -0.334 e. The summed E-state index contributed by atoms with van der Waals surface area (Å²) in [5.74, 6) is 0.133. The van der Waals surface area contributed by atoms with Gasteiger partial charge in [-0.15, -0.1) is 0 Å². The van der Waals surface area contributed by atoms with Crippen molar-refractivity contribution in [1.82, 2.24) is 15.2 Å². The molecule has 1 fully saturated rings. The van der Waals surface area contributed by atoms with Crippen LogP contribution in [0.15, 0.2) is 36.5 Å². The van der Waals surface area contributed by atoms with Crippen molar-refractivity contribution < 1.29 is 4.79 Å². The molecule has 2 aromatic rings. The first-order chi connectivity index (χ1) is 10.3. The number of piperidine rings is 1. The molecule has 3 rings (SSSR count). The Morgan fingerprint density at radius 1 is 1.33 bits per heavy atom. The summed E-state index contributed by atoms with van der Waals surface area (Å²) >= 11 is 0. The highest BCUT2D eigenvalue weighted by Gasteiger charge is 2.27. The summed E-state index contributed by atoms with van der Waals surface area (Å²) < 4.78 is 0. The number of carbonyl (C=O) groups excluding carboxylic acids is 1.